The molecule has 0 saturated heterocycles. The van der Waals surface area contributed by atoms with Gasteiger partial charge in [0.15, 0.2) is 0 Å². The van der Waals surface area contributed by atoms with Gasteiger partial charge in [-0.05, 0) is 40.0 Å². The third kappa shape index (κ3) is 3.98. The first kappa shape index (κ1) is 14.5. The summed E-state index contributed by atoms with van der Waals surface area (Å²) in [5.41, 5.74) is 1.09. The van der Waals surface area contributed by atoms with E-state index in [1.165, 1.54) is 0 Å². The van der Waals surface area contributed by atoms with Gasteiger partial charge in [0, 0.05) is 16.1 Å². The normalized spacial score (nSPS) is 16.4. The molecule has 0 amide bonds. The largest absolute Gasteiger partial charge is 0.488 e. The number of rotatable bonds is 5. The molecule has 2 N–H and O–H groups in total. The van der Waals surface area contributed by atoms with Crippen molar-refractivity contribution in [2.24, 2.45) is 0 Å². The van der Waals surface area contributed by atoms with Crippen LogP contribution in [0.25, 0.3) is 0 Å². The van der Waals surface area contributed by atoms with Gasteiger partial charge >= 0.3 is 0 Å². The summed E-state index contributed by atoms with van der Waals surface area (Å²) in [7, 11) is 1.91. The first-order chi connectivity index (χ1) is 7.95. The Bertz CT molecular complexity index is 368. The zero-order valence-electron chi connectivity index (χ0n) is 10.7. The Hall–Kier alpha value is -0.580. The molecule has 0 aromatic heterocycles. The van der Waals surface area contributed by atoms with Crippen molar-refractivity contribution in [3.63, 3.8) is 0 Å². The van der Waals surface area contributed by atoms with E-state index in [1.54, 1.807) is 6.92 Å². The Morgan fingerprint density at radius 3 is 2.47 bits per heavy atom. The van der Waals surface area contributed by atoms with E-state index in [2.05, 4.69) is 28.2 Å². The fourth-order valence-electron chi connectivity index (χ4n) is 1.42. The van der Waals surface area contributed by atoms with Gasteiger partial charge in [-0.3, -0.25) is 0 Å². The van der Waals surface area contributed by atoms with Crippen molar-refractivity contribution < 1.29 is 9.84 Å². The van der Waals surface area contributed by atoms with E-state index in [9.17, 15) is 5.11 Å². The Morgan fingerprint density at radius 2 is 1.94 bits per heavy atom. The molecule has 0 bridgehead atoms. The predicted molar refractivity (Wildman–Crippen MR) is 73.4 cm³/mol. The van der Waals surface area contributed by atoms with E-state index in [0.29, 0.717) is 0 Å². The van der Waals surface area contributed by atoms with Crippen LogP contribution in [0.3, 0.4) is 0 Å². The molecule has 0 aliphatic heterocycles. The number of nitrogens with one attached hydrogen (secondary N) is 1. The van der Waals surface area contributed by atoms with Gasteiger partial charge in [0.25, 0.3) is 0 Å². The molecule has 1 rings (SSSR count). The maximum absolute atomic E-state index is 9.49. The molecule has 3 unspecified atom stereocenters. The second-order valence-corrected chi connectivity index (χ2v) is 5.17. The molecular formula is C13H20BrNO2. The highest BCUT2D eigenvalue weighted by atomic mass is 79.9. The van der Waals surface area contributed by atoms with Gasteiger partial charge < -0.3 is 15.2 Å². The number of ether oxygens (including phenoxy) is 1. The lowest BCUT2D eigenvalue weighted by Gasteiger charge is -2.22. The van der Waals surface area contributed by atoms with Crippen LogP contribution in [0.5, 0.6) is 5.75 Å². The predicted octanol–water partition coefficient (Wildman–Crippen LogP) is 2.88. The first-order valence-corrected chi connectivity index (χ1v) is 6.56. The lowest BCUT2D eigenvalue weighted by molar-refractivity contribution is 0.0595. The van der Waals surface area contributed by atoms with Crippen LogP contribution < -0.4 is 10.1 Å². The summed E-state index contributed by atoms with van der Waals surface area (Å²) in [5.74, 6) is 0.801. The summed E-state index contributed by atoms with van der Waals surface area (Å²) >= 11 is 3.43. The van der Waals surface area contributed by atoms with Crippen LogP contribution in [0.4, 0.5) is 0 Å². The molecule has 0 aliphatic carbocycles. The molecule has 1 aromatic carbocycles. The van der Waals surface area contributed by atoms with Gasteiger partial charge in [0.1, 0.15) is 11.9 Å². The standard InChI is InChI=1S/C13H20BrNO2/c1-8(15-4)12-6-5-11(14)7-13(12)17-10(3)9(2)16/h5-10,15-16H,1-4H3. The van der Waals surface area contributed by atoms with E-state index in [4.69, 9.17) is 4.74 Å². The van der Waals surface area contributed by atoms with E-state index in [0.717, 1.165) is 15.8 Å². The minimum Gasteiger partial charge on any atom is -0.488 e. The Morgan fingerprint density at radius 1 is 1.29 bits per heavy atom. The number of hydrogen-bond acceptors (Lipinski definition) is 3. The van der Waals surface area contributed by atoms with Gasteiger partial charge in [0.2, 0.25) is 0 Å². The molecule has 0 aliphatic rings. The van der Waals surface area contributed by atoms with Crippen LogP contribution in [0, 0.1) is 0 Å². The average Bonchev–Trinajstić information content (AvgIpc) is 2.28. The lowest BCUT2D eigenvalue weighted by Crippen LogP contribution is -2.26. The molecule has 4 heteroatoms. The molecule has 0 heterocycles. The quantitative estimate of drug-likeness (QED) is 0.879. The maximum atomic E-state index is 9.49. The highest BCUT2D eigenvalue weighted by Gasteiger charge is 2.15. The molecule has 96 valence electrons. The van der Waals surface area contributed by atoms with E-state index in [1.807, 2.05) is 32.2 Å². The number of benzene rings is 1. The smallest absolute Gasteiger partial charge is 0.125 e. The summed E-state index contributed by atoms with van der Waals surface area (Å²) in [4.78, 5) is 0. The number of hydrogen-bond donors (Lipinski definition) is 2. The highest BCUT2D eigenvalue weighted by molar-refractivity contribution is 9.10. The van der Waals surface area contributed by atoms with Gasteiger partial charge in [-0.25, -0.2) is 0 Å². The SMILES string of the molecule is CNC(C)c1ccc(Br)cc1OC(C)C(C)O. The van der Waals surface area contributed by atoms with Crippen molar-refractivity contribution in [1.29, 1.82) is 0 Å². The highest BCUT2D eigenvalue weighted by Crippen LogP contribution is 2.29. The van der Waals surface area contributed by atoms with E-state index in [-0.39, 0.29) is 12.1 Å². The first-order valence-electron chi connectivity index (χ1n) is 5.77. The summed E-state index contributed by atoms with van der Waals surface area (Å²) in [5, 5.41) is 12.7. The van der Waals surface area contributed by atoms with Crippen LogP contribution in [-0.2, 0) is 0 Å². The van der Waals surface area contributed by atoms with Crippen molar-refractivity contribution in [1.82, 2.24) is 5.32 Å². The van der Waals surface area contributed by atoms with Crippen LogP contribution in [0.2, 0.25) is 0 Å². The molecule has 0 saturated carbocycles. The average molecular weight is 302 g/mol. The summed E-state index contributed by atoms with van der Waals surface area (Å²) in [6, 6.07) is 6.15. The summed E-state index contributed by atoms with van der Waals surface area (Å²) < 4.78 is 6.76. The molecular weight excluding hydrogens is 282 g/mol. The lowest BCUT2D eigenvalue weighted by atomic mass is 10.1. The van der Waals surface area contributed by atoms with Crippen LogP contribution in [0.15, 0.2) is 22.7 Å². The third-order valence-corrected chi connectivity index (χ3v) is 3.36. The minimum atomic E-state index is -0.494. The van der Waals surface area contributed by atoms with Crippen LogP contribution in [-0.4, -0.2) is 24.4 Å². The van der Waals surface area contributed by atoms with Crippen molar-refractivity contribution in [2.45, 2.75) is 39.0 Å². The molecule has 3 nitrogen and oxygen atoms in total. The van der Waals surface area contributed by atoms with Crippen LogP contribution in [0.1, 0.15) is 32.4 Å². The second-order valence-electron chi connectivity index (χ2n) is 4.26. The fourth-order valence-corrected chi connectivity index (χ4v) is 1.76. The summed E-state index contributed by atoms with van der Waals surface area (Å²) in [6.45, 7) is 5.66. The van der Waals surface area contributed by atoms with Gasteiger partial charge in [0.05, 0.1) is 6.10 Å². The molecule has 0 spiro atoms. The van der Waals surface area contributed by atoms with E-state index >= 15 is 0 Å². The topological polar surface area (TPSA) is 41.5 Å². The second kappa shape index (κ2) is 6.38. The monoisotopic (exact) mass is 301 g/mol. The number of aliphatic hydroxyl groups is 1. The number of aliphatic hydroxyl groups excluding tert-OH is 1. The van der Waals surface area contributed by atoms with Crippen molar-refractivity contribution in [3.05, 3.63) is 28.2 Å². The van der Waals surface area contributed by atoms with Crippen molar-refractivity contribution in [3.8, 4) is 5.75 Å². The zero-order valence-corrected chi connectivity index (χ0v) is 12.3. The minimum absolute atomic E-state index is 0.208. The molecule has 0 fully saturated rings. The van der Waals surface area contributed by atoms with Gasteiger partial charge in [-0.1, -0.05) is 22.0 Å². The van der Waals surface area contributed by atoms with Gasteiger partial charge in [-0.15, -0.1) is 0 Å². The zero-order chi connectivity index (χ0) is 13.0. The van der Waals surface area contributed by atoms with Crippen molar-refractivity contribution in [2.75, 3.05) is 7.05 Å². The number of halogens is 1. The molecule has 1 aromatic rings. The molecule has 3 atom stereocenters. The Labute approximate surface area is 111 Å². The molecule has 0 radical (unpaired) electrons. The Kier molecular flexibility index (Phi) is 5.43. The maximum Gasteiger partial charge on any atom is 0.125 e. The Balaban J connectivity index is 2.98. The van der Waals surface area contributed by atoms with Gasteiger partial charge in [-0.2, -0.15) is 0 Å². The van der Waals surface area contributed by atoms with Crippen LogP contribution >= 0.6 is 15.9 Å². The fraction of sp³-hybridized carbons (Fsp3) is 0.538. The third-order valence-electron chi connectivity index (χ3n) is 2.87. The van der Waals surface area contributed by atoms with E-state index < -0.39 is 6.10 Å². The molecule has 17 heavy (non-hydrogen) atoms. The van der Waals surface area contributed by atoms with Crippen molar-refractivity contribution >= 4 is 15.9 Å². The summed E-state index contributed by atoms with van der Waals surface area (Å²) in [6.07, 6.45) is -0.723.